The summed E-state index contributed by atoms with van der Waals surface area (Å²) in [5.74, 6) is 0.726. The Morgan fingerprint density at radius 3 is 2.69 bits per heavy atom. The van der Waals surface area contributed by atoms with E-state index >= 15 is 0 Å². The molecular weight excluding hydrogens is 186 g/mol. The molecule has 2 heterocycles. The van der Waals surface area contributed by atoms with Gasteiger partial charge >= 0.3 is 0 Å². The van der Waals surface area contributed by atoms with E-state index < -0.39 is 0 Å². The van der Waals surface area contributed by atoms with Gasteiger partial charge < -0.3 is 9.55 Å². The van der Waals surface area contributed by atoms with Gasteiger partial charge in [0.05, 0.1) is 6.33 Å². The van der Waals surface area contributed by atoms with Crippen LogP contribution in [0, 0.1) is 6.92 Å². The molecule has 0 atom stereocenters. The SMILES string of the molecule is Cc1[nH]cnc1-c1nnc(S)n1C. The van der Waals surface area contributed by atoms with Gasteiger partial charge in [0.25, 0.3) is 0 Å². The van der Waals surface area contributed by atoms with Crippen molar-refractivity contribution >= 4 is 12.6 Å². The number of rotatable bonds is 1. The van der Waals surface area contributed by atoms with Gasteiger partial charge in [-0.15, -0.1) is 22.8 Å². The van der Waals surface area contributed by atoms with Crippen LogP contribution in [-0.4, -0.2) is 24.7 Å². The number of aryl methyl sites for hydroxylation is 1. The number of aromatic nitrogens is 5. The zero-order valence-electron chi connectivity index (χ0n) is 7.31. The highest BCUT2D eigenvalue weighted by Gasteiger charge is 2.12. The summed E-state index contributed by atoms with van der Waals surface area (Å²) >= 11 is 4.14. The van der Waals surface area contributed by atoms with Crippen LogP contribution in [0.1, 0.15) is 5.69 Å². The first-order valence-corrected chi connectivity index (χ1v) is 4.23. The Bertz CT molecular complexity index is 430. The van der Waals surface area contributed by atoms with Crippen molar-refractivity contribution in [2.24, 2.45) is 7.05 Å². The minimum Gasteiger partial charge on any atom is -0.348 e. The van der Waals surface area contributed by atoms with E-state index in [1.165, 1.54) is 0 Å². The lowest BCUT2D eigenvalue weighted by Gasteiger charge is -1.97. The maximum Gasteiger partial charge on any atom is 0.188 e. The van der Waals surface area contributed by atoms with Crippen molar-refractivity contribution in [1.29, 1.82) is 0 Å². The number of nitrogens with one attached hydrogen (secondary N) is 1. The fourth-order valence-corrected chi connectivity index (χ4v) is 1.25. The molecule has 2 aromatic heterocycles. The van der Waals surface area contributed by atoms with Crippen LogP contribution in [0.5, 0.6) is 0 Å². The van der Waals surface area contributed by atoms with Crippen LogP contribution in [0.15, 0.2) is 11.5 Å². The molecule has 2 aromatic rings. The maximum atomic E-state index is 4.15. The third kappa shape index (κ3) is 1.23. The average molecular weight is 195 g/mol. The molecule has 0 radical (unpaired) electrons. The second-order valence-corrected chi connectivity index (χ2v) is 3.16. The van der Waals surface area contributed by atoms with Gasteiger partial charge in [0.1, 0.15) is 5.69 Å². The van der Waals surface area contributed by atoms with Crippen molar-refractivity contribution in [3.8, 4) is 11.5 Å². The van der Waals surface area contributed by atoms with Crippen LogP contribution < -0.4 is 0 Å². The quantitative estimate of drug-likeness (QED) is 0.662. The Morgan fingerprint density at radius 1 is 1.46 bits per heavy atom. The van der Waals surface area contributed by atoms with Crippen molar-refractivity contribution in [2.75, 3.05) is 0 Å². The van der Waals surface area contributed by atoms with Crippen LogP contribution in [0.4, 0.5) is 0 Å². The molecule has 0 saturated heterocycles. The standard InChI is InChI=1S/C7H9N5S/c1-4-5(9-3-8-4)6-10-11-7(13)12(6)2/h3H,1-2H3,(H,8,9)(H,11,13). The van der Waals surface area contributed by atoms with Gasteiger partial charge in [-0.05, 0) is 6.92 Å². The predicted octanol–water partition coefficient (Wildman–Crippen LogP) is 0.802. The summed E-state index contributed by atoms with van der Waals surface area (Å²) in [6, 6.07) is 0. The Morgan fingerprint density at radius 2 is 2.23 bits per heavy atom. The third-order valence-electron chi connectivity index (χ3n) is 1.89. The molecule has 2 rings (SSSR count). The summed E-state index contributed by atoms with van der Waals surface area (Å²) in [5.41, 5.74) is 1.79. The first-order valence-electron chi connectivity index (χ1n) is 3.79. The summed E-state index contributed by atoms with van der Waals surface area (Å²) in [6.45, 7) is 1.94. The lowest BCUT2D eigenvalue weighted by atomic mass is 10.3. The van der Waals surface area contributed by atoms with Gasteiger partial charge in [0, 0.05) is 12.7 Å². The van der Waals surface area contributed by atoms with Gasteiger partial charge in [-0.25, -0.2) is 4.98 Å². The average Bonchev–Trinajstić information content (AvgIpc) is 2.62. The van der Waals surface area contributed by atoms with Crippen LogP contribution in [0.25, 0.3) is 11.5 Å². The molecule has 6 heteroatoms. The number of hydrogen-bond acceptors (Lipinski definition) is 4. The summed E-state index contributed by atoms with van der Waals surface area (Å²) in [4.78, 5) is 7.13. The fourth-order valence-electron chi connectivity index (χ4n) is 1.11. The largest absolute Gasteiger partial charge is 0.348 e. The van der Waals surface area contributed by atoms with E-state index in [9.17, 15) is 0 Å². The molecule has 0 spiro atoms. The lowest BCUT2D eigenvalue weighted by Crippen LogP contribution is -1.94. The summed E-state index contributed by atoms with van der Waals surface area (Å²) < 4.78 is 1.78. The molecule has 0 unspecified atom stereocenters. The third-order valence-corrected chi connectivity index (χ3v) is 2.28. The molecule has 1 N–H and O–H groups in total. The van der Waals surface area contributed by atoms with E-state index in [1.54, 1.807) is 10.9 Å². The lowest BCUT2D eigenvalue weighted by molar-refractivity contribution is 0.796. The van der Waals surface area contributed by atoms with Crippen LogP contribution in [0.3, 0.4) is 0 Å². The number of imidazole rings is 1. The first kappa shape index (κ1) is 8.31. The van der Waals surface area contributed by atoms with Crippen molar-refractivity contribution in [3.05, 3.63) is 12.0 Å². The highest BCUT2D eigenvalue weighted by atomic mass is 32.1. The fraction of sp³-hybridized carbons (Fsp3) is 0.286. The molecule has 0 aliphatic rings. The van der Waals surface area contributed by atoms with Gasteiger partial charge in [-0.1, -0.05) is 0 Å². The van der Waals surface area contributed by atoms with Crippen LogP contribution in [0.2, 0.25) is 0 Å². The number of hydrogen-bond donors (Lipinski definition) is 2. The number of nitrogens with zero attached hydrogens (tertiary/aromatic N) is 4. The highest BCUT2D eigenvalue weighted by Crippen LogP contribution is 2.18. The van der Waals surface area contributed by atoms with E-state index in [0.29, 0.717) is 5.16 Å². The summed E-state index contributed by atoms with van der Waals surface area (Å²) in [6.07, 6.45) is 1.64. The summed E-state index contributed by atoms with van der Waals surface area (Å²) in [5, 5.41) is 8.39. The first-order chi connectivity index (χ1) is 6.20. The molecule has 0 bridgehead atoms. The molecule has 0 saturated carbocycles. The Kier molecular flexibility index (Phi) is 1.84. The molecule has 0 aromatic carbocycles. The predicted molar refractivity (Wildman–Crippen MR) is 50.6 cm³/mol. The zero-order chi connectivity index (χ0) is 9.42. The number of H-pyrrole nitrogens is 1. The molecule has 0 aliphatic heterocycles. The van der Waals surface area contributed by atoms with Crippen LogP contribution in [-0.2, 0) is 7.05 Å². The maximum absolute atomic E-state index is 4.15. The molecule has 0 amide bonds. The van der Waals surface area contributed by atoms with E-state index in [4.69, 9.17) is 0 Å². The number of aromatic amines is 1. The second kappa shape index (κ2) is 2.88. The highest BCUT2D eigenvalue weighted by molar-refractivity contribution is 7.80. The van der Waals surface area contributed by atoms with Gasteiger partial charge in [-0.2, -0.15) is 0 Å². The molecule has 0 aliphatic carbocycles. The van der Waals surface area contributed by atoms with E-state index in [2.05, 4.69) is 32.8 Å². The Hall–Kier alpha value is -1.30. The zero-order valence-corrected chi connectivity index (χ0v) is 8.21. The number of thiol groups is 1. The minimum absolute atomic E-state index is 0.581. The van der Waals surface area contributed by atoms with E-state index in [0.717, 1.165) is 17.2 Å². The summed E-state index contributed by atoms with van der Waals surface area (Å²) in [7, 11) is 1.85. The van der Waals surface area contributed by atoms with Crippen molar-refractivity contribution in [1.82, 2.24) is 24.7 Å². The Balaban J connectivity index is 2.59. The normalized spacial score (nSPS) is 10.7. The second-order valence-electron chi connectivity index (χ2n) is 2.76. The van der Waals surface area contributed by atoms with Crippen molar-refractivity contribution in [2.45, 2.75) is 12.1 Å². The smallest absolute Gasteiger partial charge is 0.188 e. The molecule has 0 fully saturated rings. The van der Waals surface area contributed by atoms with Gasteiger partial charge in [-0.3, -0.25) is 0 Å². The molecular formula is C7H9N5S. The van der Waals surface area contributed by atoms with E-state index in [1.807, 2.05) is 14.0 Å². The molecule has 13 heavy (non-hydrogen) atoms. The molecule has 5 nitrogen and oxygen atoms in total. The van der Waals surface area contributed by atoms with Crippen LogP contribution >= 0.6 is 12.6 Å². The molecule has 68 valence electrons. The van der Waals surface area contributed by atoms with Gasteiger partial charge in [0.2, 0.25) is 0 Å². The van der Waals surface area contributed by atoms with Crippen molar-refractivity contribution < 1.29 is 0 Å². The van der Waals surface area contributed by atoms with Crippen molar-refractivity contribution in [3.63, 3.8) is 0 Å². The Labute approximate surface area is 80.6 Å². The minimum atomic E-state index is 0.581. The monoisotopic (exact) mass is 195 g/mol. The topological polar surface area (TPSA) is 59.4 Å². The van der Waals surface area contributed by atoms with Gasteiger partial charge in [0.15, 0.2) is 11.0 Å². The van der Waals surface area contributed by atoms with E-state index in [-0.39, 0.29) is 0 Å².